The minimum atomic E-state index is -0.335. The van der Waals surface area contributed by atoms with E-state index >= 15 is 0 Å². The molecular formula is C13H15NO2. The van der Waals surface area contributed by atoms with Crippen LogP contribution in [0.5, 0.6) is 0 Å². The van der Waals surface area contributed by atoms with Gasteiger partial charge in [0.25, 0.3) is 5.56 Å². The Hall–Kier alpha value is -1.90. The summed E-state index contributed by atoms with van der Waals surface area (Å²) in [4.78, 5) is 24.5. The molecule has 0 fully saturated rings. The molecule has 1 aromatic carbocycles. The summed E-state index contributed by atoms with van der Waals surface area (Å²) in [6.07, 6.45) is 0.568. The van der Waals surface area contributed by atoms with E-state index in [9.17, 15) is 9.59 Å². The van der Waals surface area contributed by atoms with E-state index in [4.69, 9.17) is 0 Å². The van der Waals surface area contributed by atoms with Crippen LogP contribution >= 0.6 is 0 Å². The fourth-order valence-corrected chi connectivity index (χ4v) is 1.42. The SMILES string of the molecule is CC.Cc1ccc2cc(C=O)c(=O)[nH]c2c1. The van der Waals surface area contributed by atoms with E-state index in [1.165, 1.54) is 0 Å². The fourth-order valence-electron chi connectivity index (χ4n) is 1.42. The molecule has 84 valence electrons. The highest BCUT2D eigenvalue weighted by Gasteiger charge is 2.00. The van der Waals surface area contributed by atoms with Gasteiger partial charge >= 0.3 is 0 Å². The molecule has 0 aliphatic carbocycles. The predicted octanol–water partition coefficient (Wildman–Crippen LogP) is 2.68. The lowest BCUT2D eigenvalue weighted by Crippen LogP contribution is -2.11. The van der Waals surface area contributed by atoms with Crippen LogP contribution in [0.25, 0.3) is 10.9 Å². The Morgan fingerprint density at radius 2 is 1.88 bits per heavy atom. The first-order chi connectivity index (χ1) is 7.70. The molecule has 0 saturated carbocycles. The first-order valence-corrected chi connectivity index (χ1v) is 5.29. The third-order valence-corrected chi connectivity index (χ3v) is 2.16. The van der Waals surface area contributed by atoms with E-state index in [1.54, 1.807) is 6.07 Å². The van der Waals surface area contributed by atoms with Crippen molar-refractivity contribution in [2.24, 2.45) is 0 Å². The van der Waals surface area contributed by atoms with Crippen molar-refractivity contribution in [1.82, 2.24) is 4.98 Å². The Kier molecular flexibility index (Phi) is 4.00. The van der Waals surface area contributed by atoms with Gasteiger partial charge in [-0.05, 0) is 30.0 Å². The van der Waals surface area contributed by atoms with Crippen molar-refractivity contribution in [1.29, 1.82) is 0 Å². The Morgan fingerprint density at radius 1 is 1.19 bits per heavy atom. The van der Waals surface area contributed by atoms with Crippen molar-refractivity contribution in [2.45, 2.75) is 20.8 Å². The zero-order valence-electron chi connectivity index (χ0n) is 9.70. The van der Waals surface area contributed by atoms with E-state index in [0.717, 1.165) is 16.5 Å². The molecule has 0 aliphatic rings. The zero-order chi connectivity index (χ0) is 12.1. The van der Waals surface area contributed by atoms with Crippen LogP contribution < -0.4 is 5.56 Å². The highest BCUT2D eigenvalue weighted by Crippen LogP contribution is 2.12. The largest absolute Gasteiger partial charge is 0.321 e. The molecule has 0 saturated heterocycles. The molecule has 0 atom stereocenters. The summed E-state index contributed by atoms with van der Waals surface area (Å²) in [6.45, 7) is 5.95. The molecule has 0 amide bonds. The van der Waals surface area contributed by atoms with E-state index in [-0.39, 0.29) is 11.1 Å². The molecule has 2 rings (SSSR count). The number of carbonyl (C=O) groups is 1. The van der Waals surface area contributed by atoms with Crippen LogP contribution in [0.3, 0.4) is 0 Å². The number of aryl methyl sites for hydroxylation is 1. The fraction of sp³-hybridized carbons (Fsp3) is 0.231. The Morgan fingerprint density at radius 3 is 2.50 bits per heavy atom. The number of carbonyl (C=O) groups excluding carboxylic acids is 1. The molecule has 0 bridgehead atoms. The molecule has 1 aromatic heterocycles. The Balaban J connectivity index is 0.000000606. The van der Waals surface area contributed by atoms with E-state index in [2.05, 4.69) is 4.98 Å². The number of hydrogen-bond donors (Lipinski definition) is 1. The summed E-state index contributed by atoms with van der Waals surface area (Å²) in [5.41, 5.74) is 1.67. The average Bonchev–Trinajstić information content (AvgIpc) is 2.30. The molecule has 0 aliphatic heterocycles. The van der Waals surface area contributed by atoms with Crippen molar-refractivity contribution < 1.29 is 4.79 Å². The number of H-pyrrole nitrogens is 1. The van der Waals surface area contributed by atoms with Gasteiger partial charge in [-0.3, -0.25) is 9.59 Å². The highest BCUT2D eigenvalue weighted by molar-refractivity contribution is 5.85. The summed E-state index contributed by atoms with van der Waals surface area (Å²) < 4.78 is 0. The number of nitrogens with one attached hydrogen (secondary N) is 1. The molecule has 0 spiro atoms. The second-order valence-electron chi connectivity index (χ2n) is 3.26. The molecule has 3 nitrogen and oxygen atoms in total. The molecular weight excluding hydrogens is 202 g/mol. The highest BCUT2D eigenvalue weighted by atomic mass is 16.1. The number of fused-ring (bicyclic) bond motifs is 1. The maximum absolute atomic E-state index is 11.3. The average molecular weight is 217 g/mol. The van der Waals surface area contributed by atoms with Gasteiger partial charge in [-0.15, -0.1) is 0 Å². The second-order valence-corrected chi connectivity index (χ2v) is 3.26. The lowest BCUT2D eigenvalue weighted by molar-refractivity contribution is 0.112. The van der Waals surface area contributed by atoms with E-state index in [1.807, 2.05) is 39.0 Å². The van der Waals surface area contributed by atoms with Gasteiger partial charge in [-0.1, -0.05) is 26.0 Å². The normalized spacial score (nSPS) is 9.44. The van der Waals surface area contributed by atoms with Gasteiger partial charge in [0.15, 0.2) is 6.29 Å². The number of rotatable bonds is 1. The van der Waals surface area contributed by atoms with Crippen molar-refractivity contribution in [2.75, 3.05) is 0 Å². The van der Waals surface area contributed by atoms with Crippen LogP contribution in [-0.2, 0) is 0 Å². The van der Waals surface area contributed by atoms with Crippen molar-refractivity contribution in [3.63, 3.8) is 0 Å². The number of aromatic nitrogens is 1. The minimum absolute atomic E-state index is 0.168. The van der Waals surface area contributed by atoms with Crippen LogP contribution in [-0.4, -0.2) is 11.3 Å². The molecule has 0 unspecified atom stereocenters. The van der Waals surface area contributed by atoms with Crippen LogP contribution in [0.15, 0.2) is 29.1 Å². The second kappa shape index (κ2) is 5.26. The number of benzene rings is 1. The topological polar surface area (TPSA) is 49.9 Å². The number of aromatic amines is 1. The Bertz CT molecular complexity index is 555. The van der Waals surface area contributed by atoms with Gasteiger partial charge in [-0.2, -0.15) is 0 Å². The van der Waals surface area contributed by atoms with Crippen molar-refractivity contribution in [3.05, 3.63) is 45.7 Å². The first-order valence-electron chi connectivity index (χ1n) is 5.29. The maximum atomic E-state index is 11.3. The van der Waals surface area contributed by atoms with Crippen LogP contribution in [0.4, 0.5) is 0 Å². The van der Waals surface area contributed by atoms with Gasteiger partial charge < -0.3 is 4.98 Å². The summed E-state index contributed by atoms with van der Waals surface area (Å²) in [5.74, 6) is 0. The summed E-state index contributed by atoms with van der Waals surface area (Å²) >= 11 is 0. The maximum Gasteiger partial charge on any atom is 0.259 e. The number of aldehydes is 1. The van der Waals surface area contributed by atoms with Crippen LogP contribution in [0, 0.1) is 6.92 Å². The summed E-state index contributed by atoms with van der Waals surface area (Å²) in [7, 11) is 0. The lowest BCUT2D eigenvalue weighted by atomic mass is 10.1. The molecule has 2 aromatic rings. The van der Waals surface area contributed by atoms with E-state index < -0.39 is 0 Å². The van der Waals surface area contributed by atoms with Crippen LogP contribution in [0.1, 0.15) is 29.8 Å². The molecule has 1 N–H and O–H groups in total. The first kappa shape index (κ1) is 12.2. The standard InChI is InChI=1S/C11H9NO2.C2H6/c1-7-2-3-8-5-9(6-13)11(14)12-10(8)4-7;1-2/h2-6H,1H3,(H,12,14);1-2H3. The van der Waals surface area contributed by atoms with Gasteiger partial charge in [0.05, 0.1) is 5.56 Å². The smallest absolute Gasteiger partial charge is 0.259 e. The molecule has 0 radical (unpaired) electrons. The third kappa shape index (κ3) is 2.37. The summed E-state index contributed by atoms with van der Waals surface area (Å²) in [6, 6.07) is 7.30. The van der Waals surface area contributed by atoms with Gasteiger partial charge in [-0.25, -0.2) is 0 Å². The van der Waals surface area contributed by atoms with Crippen molar-refractivity contribution >= 4 is 17.2 Å². The lowest BCUT2D eigenvalue weighted by Gasteiger charge is -1.99. The Labute approximate surface area is 94.1 Å². The quantitative estimate of drug-likeness (QED) is 0.746. The van der Waals surface area contributed by atoms with Gasteiger partial charge in [0.1, 0.15) is 0 Å². The molecule has 16 heavy (non-hydrogen) atoms. The number of hydrogen-bond acceptors (Lipinski definition) is 2. The monoisotopic (exact) mass is 217 g/mol. The van der Waals surface area contributed by atoms with Gasteiger partial charge in [0.2, 0.25) is 0 Å². The minimum Gasteiger partial charge on any atom is -0.321 e. The number of pyridine rings is 1. The van der Waals surface area contributed by atoms with E-state index in [0.29, 0.717) is 6.29 Å². The molecule has 1 heterocycles. The van der Waals surface area contributed by atoms with Crippen molar-refractivity contribution in [3.8, 4) is 0 Å². The van der Waals surface area contributed by atoms with Crippen LogP contribution in [0.2, 0.25) is 0 Å². The summed E-state index contributed by atoms with van der Waals surface area (Å²) in [5, 5.41) is 0.873. The third-order valence-electron chi connectivity index (χ3n) is 2.16. The molecule has 3 heteroatoms. The van der Waals surface area contributed by atoms with Gasteiger partial charge in [0, 0.05) is 5.52 Å². The zero-order valence-corrected chi connectivity index (χ0v) is 9.70. The predicted molar refractivity (Wildman–Crippen MR) is 66.0 cm³/mol.